The largest absolute Gasteiger partial charge is 0.487 e. The molecule has 4 nitrogen and oxygen atoms in total. The van der Waals surface area contributed by atoms with Crippen LogP contribution in [-0.2, 0) is 11.4 Å². The zero-order valence-corrected chi connectivity index (χ0v) is 17.0. The SMILES string of the molecule is N#C/C(=C\c1ccc(OCc2ccc(F)cc2)c(Cl)c1)C(=O)Nc1ccccc1Cl. The number of ether oxygens (including phenoxy) is 1. The first-order valence-corrected chi connectivity index (χ1v) is 9.56. The molecule has 3 rings (SSSR count). The average molecular weight is 441 g/mol. The number of carbonyl (C=O) groups excluding carboxylic acids is 1. The lowest BCUT2D eigenvalue weighted by Crippen LogP contribution is -2.13. The van der Waals surface area contributed by atoms with Crippen LogP contribution in [-0.4, -0.2) is 5.91 Å². The van der Waals surface area contributed by atoms with Gasteiger partial charge in [-0.05, 0) is 53.6 Å². The number of carbonyl (C=O) groups is 1. The molecule has 150 valence electrons. The molecule has 0 aliphatic carbocycles. The van der Waals surface area contributed by atoms with Gasteiger partial charge in [-0.25, -0.2) is 4.39 Å². The number of anilines is 1. The Morgan fingerprint density at radius 2 is 1.80 bits per heavy atom. The van der Waals surface area contributed by atoms with Gasteiger partial charge in [-0.3, -0.25) is 4.79 Å². The summed E-state index contributed by atoms with van der Waals surface area (Å²) < 4.78 is 18.6. The van der Waals surface area contributed by atoms with Gasteiger partial charge in [-0.15, -0.1) is 0 Å². The highest BCUT2D eigenvalue weighted by molar-refractivity contribution is 6.34. The molecule has 7 heteroatoms. The Kier molecular flexibility index (Phi) is 7.08. The summed E-state index contributed by atoms with van der Waals surface area (Å²) in [5.41, 5.74) is 1.65. The second-order valence-electron chi connectivity index (χ2n) is 6.21. The highest BCUT2D eigenvalue weighted by Gasteiger charge is 2.12. The van der Waals surface area contributed by atoms with Crippen molar-refractivity contribution in [2.45, 2.75) is 6.61 Å². The van der Waals surface area contributed by atoms with E-state index in [1.165, 1.54) is 18.2 Å². The molecule has 0 atom stereocenters. The minimum absolute atomic E-state index is 0.106. The van der Waals surface area contributed by atoms with Crippen LogP contribution >= 0.6 is 23.2 Å². The van der Waals surface area contributed by atoms with Crippen LogP contribution in [0.2, 0.25) is 10.0 Å². The maximum absolute atomic E-state index is 13.0. The third-order valence-electron chi connectivity index (χ3n) is 4.06. The van der Waals surface area contributed by atoms with E-state index in [4.69, 9.17) is 27.9 Å². The van der Waals surface area contributed by atoms with Crippen molar-refractivity contribution in [2.75, 3.05) is 5.32 Å². The van der Waals surface area contributed by atoms with Crippen LogP contribution in [0.4, 0.5) is 10.1 Å². The van der Waals surface area contributed by atoms with E-state index in [0.29, 0.717) is 27.0 Å². The number of nitrogens with zero attached hydrogens (tertiary/aromatic N) is 1. The molecule has 3 aromatic rings. The topological polar surface area (TPSA) is 62.1 Å². The molecule has 0 unspecified atom stereocenters. The van der Waals surface area contributed by atoms with E-state index in [9.17, 15) is 14.4 Å². The summed E-state index contributed by atoms with van der Waals surface area (Å²) in [6.45, 7) is 0.221. The summed E-state index contributed by atoms with van der Waals surface area (Å²) in [4.78, 5) is 12.4. The Morgan fingerprint density at radius 1 is 1.07 bits per heavy atom. The van der Waals surface area contributed by atoms with Gasteiger partial charge in [0.05, 0.1) is 15.7 Å². The van der Waals surface area contributed by atoms with Crippen molar-refractivity contribution in [1.29, 1.82) is 5.26 Å². The van der Waals surface area contributed by atoms with Gasteiger partial charge in [0, 0.05) is 0 Å². The summed E-state index contributed by atoms with van der Waals surface area (Å²) in [6, 6.07) is 19.5. The van der Waals surface area contributed by atoms with Gasteiger partial charge in [-0.1, -0.05) is 53.5 Å². The van der Waals surface area contributed by atoms with Crippen LogP contribution in [0.3, 0.4) is 0 Å². The van der Waals surface area contributed by atoms with Crippen molar-refractivity contribution in [3.8, 4) is 11.8 Å². The fourth-order valence-electron chi connectivity index (χ4n) is 2.53. The van der Waals surface area contributed by atoms with Crippen LogP contribution in [0.15, 0.2) is 72.3 Å². The molecule has 0 spiro atoms. The molecule has 0 bridgehead atoms. The summed E-state index contributed by atoms with van der Waals surface area (Å²) in [6.07, 6.45) is 1.42. The molecule has 0 fully saturated rings. The molecule has 0 heterocycles. The number of halogens is 3. The number of rotatable bonds is 6. The molecule has 0 saturated heterocycles. The molecular weight excluding hydrogens is 426 g/mol. The van der Waals surface area contributed by atoms with Crippen molar-refractivity contribution in [3.05, 3.63) is 99.3 Å². The predicted octanol–water partition coefficient (Wildman–Crippen LogP) is 6.26. The number of hydrogen-bond acceptors (Lipinski definition) is 3. The van der Waals surface area contributed by atoms with E-state index in [0.717, 1.165) is 5.56 Å². The lowest BCUT2D eigenvalue weighted by atomic mass is 10.1. The van der Waals surface area contributed by atoms with Gasteiger partial charge in [-0.2, -0.15) is 5.26 Å². The fourth-order valence-corrected chi connectivity index (χ4v) is 2.96. The molecule has 3 aromatic carbocycles. The van der Waals surface area contributed by atoms with E-state index in [-0.39, 0.29) is 18.0 Å². The maximum atomic E-state index is 13.0. The summed E-state index contributed by atoms with van der Waals surface area (Å²) in [5.74, 6) is -0.477. The number of hydrogen-bond donors (Lipinski definition) is 1. The number of benzene rings is 3. The van der Waals surface area contributed by atoms with Crippen molar-refractivity contribution in [3.63, 3.8) is 0 Å². The van der Waals surface area contributed by atoms with Crippen LogP contribution < -0.4 is 10.1 Å². The summed E-state index contributed by atoms with van der Waals surface area (Å²) >= 11 is 12.3. The lowest BCUT2D eigenvalue weighted by Gasteiger charge is -2.09. The zero-order valence-electron chi connectivity index (χ0n) is 15.5. The Hall–Kier alpha value is -3.33. The maximum Gasteiger partial charge on any atom is 0.266 e. The molecule has 1 N–H and O–H groups in total. The van der Waals surface area contributed by atoms with E-state index < -0.39 is 5.91 Å². The first-order chi connectivity index (χ1) is 14.5. The molecule has 1 amide bonds. The van der Waals surface area contributed by atoms with Crippen LogP contribution in [0.1, 0.15) is 11.1 Å². The van der Waals surface area contributed by atoms with E-state index in [2.05, 4.69) is 5.32 Å². The molecule has 0 aliphatic heterocycles. The second kappa shape index (κ2) is 9.93. The number of nitrogens with one attached hydrogen (secondary N) is 1. The Bertz CT molecular complexity index is 1140. The smallest absolute Gasteiger partial charge is 0.266 e. The molecule has 0 saturated carbocycles. The van der Waals surface area contributed by atoms with Crippen LogP contribution in [0.5, 0.6) is 5.75 Å². The highest BCUT2D eigenvalue weighted by atomic mass is 35.5. The van der Waals surface area contributed by atoms with Crippen molar-refractivity contribution < 1.29 is 13.9 Å². The van der Waals surface area contributed by atoms with Gasteiger partial charge in [0.25, 0.3) is 5.91 Å². The normalized spacial score (nSPS) is 10.9. The lowest BCUT2D eigenvalue weighted by molar-refractivity contribution is -0.112. The van der Waals surface area contributed by atoms with Crippen LogP contribution in [0, 0.1) is 17.1 Å². The zero-order chi connectivity index (χ0) is 21.5. The van der Waals surface area contributed by atoms with Crippen molar-refractivity contribution >= 4 is 40.9 Å². The van der Waals surface area contributed by atoms with E-state index in [1.807, 2.05) is 6.07 Å². The molecule has 30 heavy (non-hydrogen) atoms. The van der Waals surface area contributed by atoms with Gasteiger partial charge in [0.1, 0.15) is 29.8 Å². The van der Waals surface area contributed by atoms with Gasteiger partial charge < -0.3 is 10.1 Å². The van der Waals surface area contributed by atoms with Crippen LogP contribution in [0.25, 0.3) is 6.08 Å². The second-order valence-corrected chi connectivity index (χ2v) is 7.02. The van der Waals surface area contributed by atoms with Gasteiger partial charge in [0.2, 0.25) is 0 Å². The minimum atomic E-state index is -0.585. The number of nitriles is 1. The third-order valence-corrected chi connectivity index (χ3v) is 4.69. The summed E-state index contributed by atoms with van der Waals surface area (Å²) in [7, 11) is 0. The van der Waals surface area contributed by atoms with E-state index in [1.54, 1.807) is 54.6 Å². The molecule has 0 radical (unpaired) electrons. The van der Waals surface area contributed by atoms with Crippen molar-refractivity contribution in [2.24, 2.45) is 0 Å². The van der Waals surface area contributed by atoms with Crippen molar-refractivity contribution in [1.82, 2.24) is 0 Å². The first-order valence-electron chi connectivity index (χ1n) is 8.81. The number of para-hydroxylation sites is 1. The number of amides is 1. The standard InChI is InChI=1S/C23H15Cl2FN2O2/c24-19-3-1-2-4-21(19)28-23(29)17(13-27)11-16-7-10-22(20(25)12-16)30-14-15-5-8-18(26)9-6-15/h1-12H,14H2,(H,28,29)/b17-11+. The summed E-state index contributed by atoms with van der Waals surface area (Å²) in [5, 5.41) is 12.6. The van der Waals surface area contributed by atoms with Gasteiger partial charge >= 0.3 is 0 Å². The Morgan fingerprint density at radius 3 is 2.47 bits per heavy atom. The predicted molar refractivity (Wildman–Crippen MR) is 116 cm³/mol. The van der Waals surface area contributed by atoms with E-state index >= 15 is 0 Å². The average Bonchev–Trinajstić information content (AvgIpc) is 2.74. The first kappa shape index (κ1) is 21.4. The minimum Gasteiger partial charge on any atom is -0.487 e. The Balaban J connectivity index is 1.71. The monoisotopic (exact) mass is 440 g/mol. The quantitative estimate of drug-likeness (QED) is 0.363. The highest BCUT2D eigenvalue weighted by Crippen LogP contribution is 2.28. The molecular formula is C23H15Cl2FN2O2. The Labute approximate surface area is 183 Å². The third kappa shape index (κ3) is 5.60. The molecule has 0 aliphatic rings. The molecule has 0 aromatic heterocycles. The van der Waals surface area contributed by atoms with Gasteiger partial charge in [0.15, 0.2) is 0 Å². The fraction of sp³-hybridized carbons (Fsp3) is 0.0435.